The Morgan fingerprint density at radius 2 is 2.19 bits per heavy atom. The third-order valence-electron chi connectivity index (χ3n) is 2.10. The van der Waals surface area contributed by atoms with Gasteiger partial charge in [0.05, 0.1) is 12.7 Å². The second kappa shape index (κ2) is 4.79. The lowest BCUT2D eigenvalue weighted by atomic mass is 10.0. The van der Waals surface area contributed by atoms with Crippen molar-refractivity contribution >= 4 is 5.97 Å². The molecular weight excluding hydrogens is 211 g/mol. The predicted molar refractivity (Wildman–Crippen MR) is 57.9 cm³/mol. The van der Waals surface area contributed by atoms with Crippen LogP contribution in [-0.2, 0) is 11.2 Å². The Morgan fingerprint density at radius 1 is 1.56 bits per heavy atom. The number of phenols is 1. The van der Waals surface area contributed by atoms with E-state index in [0.717, 1.165) is 12.7 Å². The lowest BCUT2D eigenvalue weighted by Crippen LogP contribution is -2.05. The zero-order valence-electron chi connectivity index (χ0n) is 9.21. The van der Waals surface area contributed by atoms with Crippen molar-refractivity contribution in [3.63, 3.8) is 0 Å². The van der Waals surface area contributed by atoms with Gasteiger partial charge >= 0.3 is 5.97 Å². The molecule has 0 saturated heterocycles. The molecule has 0 bridgehead atoms. The van der Waals surface area contributed by atoms with Crippen molar-refractivity contribution in [3.05, 3.63) is 41.2 Å². The Labute approximate surface area is 93.2 Å². The monoisotopic (exact) mass is 224 g/mol. The standard InChI is InChI=1S/C12H13FO3/c1-7(2)6-8-4-5-9(12(15)16-3)10(13)11(8)14/h4-5,14H,1,6H2,2-3H3. The van der Waals surface area contributed by atoms with Gasteiger partial charge in [0.2, 0.25) is 0 Å². The van der Waals surface area contributed by atoms with Gasteiger partial charge in [-0.15, -0.1) is 0 Å². The number of rotatable bonds is 3. The van der Waals surface area contributed by atoms with Gasteiger partial charge in [0, 0.05) is 5.56 Å². The van der Waals surface area contributed by atoms with Crippen molar-refractivity contribution in [2.75, 3.05) is 7.11 Å². The first kappa shape index (κ1) is 12.2. The highest BCUT2D eigenvalue weighted by molar-refractivity contribution is 5.90. The zero-order valence-corrected chi connectivity index (χ0v) is 9.21. The summed E-state index contributed by atoms with van der Waals surface area (Å²) in [6.07, 6.45) is 0.365. The van der Waals surface area contributed by atoms with E-state index in [9.17, 15) is 14.3 Å². The van der Waals surface area contributed by atoms with Crippen molar-refractivity contribution in [3.8, 4) is 5.75 Å². The summed E-state index contributed by atoms with van der Waals surface area (Å²) in [5.41, 5.74) is 0.920. The highest BCUT2D eigenvalue weighted by atomic mass is 19.1. The molecule has 3 nitrogen and oxygen atoms in total. The number of phenolic OH excluding ortho intramolecular Hbond substituents is 1. The molecule has 0 aliphatic carbocycles. The normalized spacial score (nSPS) is 9.94. The van der Waals surface area contributed by atoms with Crippen LogP contribution in [-0.4, -0.2) is 18.2 Å². The number of hydrogen-bond acceptors (Lipinski definition) is 3. The van der Waals surface area contributed by atoms with Gasteiger partial charge in [0.15, 0.2) is 11.6 Å². The summed E-state index contributed by atoms with van der Waals surface area (Å²) < 4.78 is 18.0. The van der Waals surface area contributed by atoms with Crippen molar-refractivity contribution in [1.29, 1.82) is 0 Å². The Balaban J connectivity index is 3.17. The number of aromatic hydroxyl groups is 1. The van der Waals surface area contributed by atoms with E-state index in [2.05, 4.69) is 11.3 Å². The molecule has 0 aliphatic heterocycles. The van der Waals surface area contributed by atoms with Gasteiger partial charge in [-0.3, -0.25) is 0 Å². The van der Waals surface area contributed by atoms with E-state index in [4.69, 9.17) is 0 Å². The quantitative estimate of drug-likeness (QED) is 0.633. The van der Waals surface area contributed by atoms with E-state index in [0.29, 0.717) is 12.0 Å². The Bertz CT molecular complexity index is 438. The van der Waals surface area contributed by atoms with Crippen LogP contribution in [0.2, 0.25) is 0 Å². The number of methoxy groups -OCH3 is 1. The molecule has 0 atom stereocenters. The predicted octanol–water partition coefficient (Wildman–Crippen LogP) is 2.44. The molecule has 1 aromatic carbocycles. The maximum Gasteiger partial charge on any atom is 0.340 e. The number of ether oxygens (including phenoxy) is 1. The summed E-state index contributed by atoms with van der Waals surface area (Å²) in [6.45, 7) is 5.44. The molecule has 0 fully saturated rings. The highest BCUT2D eigenvalue weighted by Crippen LogP contribution is 2.26. The molecule has 0 unspecified atom stereocenters. The summed E-state index contributed by atoms with van der Waals surface area (Å²) in [7, 11) is 1.15. The summed E-state index contributed by atoms with van der Waals surface area (Å²) in [5.74, 6) is -2.29. The summed E-state index contributed by atoms with van der Waals surface area (Å²) >= 11 is 0. The maximum atomic E-state index is 13.6. The third-order valence-corrected chi connectivity index (χ3v) is 2.10. The summed E-state index contributed by atoms with van der Waals surface area (Å²) in [5, 5.41) is 9.55. The van der Waals surface area contributed by atoms with E-state index in [-0.39, 0.29) is 5.56 Å². The molecule has 0 aromatic heterocycles. The van der Waals surface area contributed by atoms with Crippen LogP contribution in [0, 0.1) is 5.82 Å². The number of allylic oxidation sites excluding steroid dienone is 1. The first-order chi connectivity index (χ1) is 7.47. The Kier molecular flexibility index (Phi) is 3.66. The van der Waals surface area contributed by atoms with Gasteiger partial charge in [-0.25, -0.2) is 9.18 Å². The SMILES string of the molecule is C=C(C)Cc1ccc(C(=O)OC)c(F)c1O. The topological polar surface area (TPSA) is 46.5 Å². The van der Waals surface area contributed by atoms with Gasteiger partial charge in [-0.2, -0.15) is 0 Å². The average molecular weight is 224 g/mol. The van der Waals surface area contributed by atoms with Crippen molar-refractivity contribution in [2.45, 2.75) is 13.3 Å². The molecule has 0 heterocycles. The summed E-state index contributed by atoms with van der Waals surface area (Å²) in [6, 6.07) is 2.78. The number of benzene rings is 1. The average Bonchev–Trinajstić information content (AvgIpc) is 2.23. The minimum Gasteiger partial charge on any atom is -0.505 e. The van der Waals surface area contributed by atoms with Crippen LogP contribution in [0.5, 0.6) is 5.75 Å². The number of carbonyl (C=O) groups is 1. The van der Waals surface area contributed by atoms with E-state index in [1.165, 1.54) is 12.1 Å². The third kappa shape index (κ3) is 2.39. The molecule has 0 aliphatic rings. The molecule has 0 amide bonds. The molecule has 16 heavy (non-hydrogen) atoms. The minimum absolute atomic E-state index is 0.273. The number of carbonyl (C=O) groups excluding carboxylic acids is 1. The number of hydrogen-bond donors (Lipinski definition) is 1. The smallest absolute Gasteiger partial charge is 0.340 e. The fourth-order valence-corrected chi connectivity index (χ4v) is 1.34. The van der Waals surface area contributed by atoms with Crippen LogP contribution in [0.4, 0.5) is 4.39 Å². The Hall–Kier alpha value is -1.84. The van der Waals surface area contributed by atoms with E-state index in [1.54, 1.807) is 6.92 Å². The summed E-state index contributed by atoms with van der Waals surface area (Å²) in [4.78, 5) is 11.1. The fourth-order valence-electron chi connectivity index (χ4n) is 1.34. The highest BCUT2D eigenvalue weighted by Gasteiger charge is 2.18. The second-order valence-electron chi connectivity index (χ2n) is 3.56. The number of esters is 1. The molecular formula is C12H13FO3. The molecule has 4 heteroatoms. The van der Waals surface area contributed by atoms with Gasteiger partial charge in [0.25, 0.3) is 0 Å². The van der Waals surface area contributed by atoms with Crippen LogP contribution in [0.3, 0.4) is 0 Å². The first-order valence-electron chi connectivity index (χ1n) is 4.70. The Morgan fingerprint density at radius 3 is 2.69 bits per heavy atom. The molecule has 1 N–H and O–H groups in total. The van der Waals surface area contributed by atoms with Gasteiger partial charge < -0.3 is 9.84 Å². The molecule has 86 valence electrons. The lowest BCUT2D eigenvalue weighted by Gasteiger charge is -2.08. The maximum absolute atomic E-state index is 13.6. The largest absolute Gasteiger partial charge is 0.505 e. The first-order valence-corrected chi connectivity index (χ1v) is 4.70. The molecule has 1 aromatic rings. The van der Waals surface area contributed by atoms with Crippen LogP contribution < -0.4 is 0 Å². The van der Waals surface area contributed by atoms with Crippen molar-refractivity contribution < 1.29 is 19.0 Å². The zero-order chi connectivity index (χ0) is 12.3. The van der Waals surface area contributed by atoms with E-state index >= 15 is 0 Å². The second-order valence-corrected chi connectivity index (χ2v) is 3.56. The van der Waals surface area contributed by atoms with Crippen LogP contribution >= 0.6 is 0 Å². The molecule has 0 saturated carbocycles. The number of halogens is 1. The fraction of sp³-hybridized carbons (Fsp3) is 0.250. The van der Waals surface area contributed by atoms with Crippen LogP contribution in [0.25, 0.3) is 0 Å². The molecule has 1 rings (SSSR count). The van der Waals surface area contributed by atoms with Crippen molar-refractivity contribution in [1.82, 2.24) is 0 Å². The molecule has 0 spiro atoms. The van der Waals surface area contributed by atoms with Crippen LogP contribution in [0.1, 0.15) is 22.8 Å². The van der Waals surface area contributed by atoms with E-state index in [1.807, 2.05) is 0 Å². The lowest BCUT2D eigenvalue weighted by molar-refractivity contribution is 0.0594. The van der Waals surface area contributed by atoms with Crippen LogP contribution in [0.15, 0.2) is 24.3 Å². The molecule has 0 radical (unpaired) electrons. The van der Waals surface area contributed by atoms with Gasteiger partial charge in [0.1, 0.15) is 0 Å². The van der Waals surface area contributed by atoms with Crippen molar-refractivity contribution in [2.24, 2.45) is 0 Å². The van der Waals surface area contributed by atoms with E-state index < -0.39 is 17.5 Å². The minimum atomic E-state index is -0.953. The van der Waals surface area contributed by atoms with Gasteiger partial charge in [-0.05, 0) is 19.4 Å². The van der Waals surface area contributed by atoms with Gasteiger partial charge in [-0.1, -0.05) is 18.2 Å².